The highest BCUT2D eigenvalue weighted by molar-refractivity contribution is 5.94. The second-order valence-corrected chi connectivity index (χ2v) is 6.34. The van der Waals surface area contributed by atoms with Gasteiger partial charge >= 0.3 is 0 Å². The molecule has 0 radical (unpaired) electrons. The lowest BCUT2D eigenvalue weighted by atomic mass is 9.97. The van der Waals surface area contributed by atoms with Crippen molar-refractivity contribution in [1.29, 1.82) is 0 Å². The van der Waals surface area contributed by atoms with Crippen molar-refractivity contribution in [3.8, 4) is 5.75 Å². The summed E-state index contributed by atoms with van der Waals surface area (Å²) in [4.78, 5) is 16.8. The van der Waals surface area contributed by atoms with Gasteiger partial charge in [-0.2, -0.15) is 0 Å². The van der Waals surface area contributed by atoms with E-state index in [2.05, 4.69) is 10.2 Å². The lowest BCUT2D eigenvalue weighted by Gasteiger charge is -2.37. The number of hydrogen-bond donors (Lipinski definition) is 2. The van der Waals surface area contributed by atoms with E-state index >= 15 is 0 Å². The van der Waals surface area contributed by atoms with Crippen molar-refractivity contribution in [3.63, 3.8) is 0 Å². The highest BCUT2D eigenvalue weighted by Crippen LogP contribution is 2.17. The molecule has 5 nitrogen and oxygen atoms in total. The smallest absolute Gasteiger partial charge is 0.254 e. The van der Waals surface area contributed by atoms with Crippen LogP contribution in [0.2, 0.25) is 0 Å². The van der Waals surface area contributed by atoms with Crippen LogP contribution < -0.4 is 5.32 Å². The maximum atomic E-state index is 12.4. The minimum absolute atomic E-state index is 0.0254. The first-order valence-corrected chi connectivity index (χ1v) is 8.24. The van der Waals surface area contributed by atoms with Crippen molar-refractivity contribution < 1.29 is 9.90 Å². The Kier molecular flexibility index (Phi) is 4.95. The molecule has 0 spiro atoms. The molecule has 1 amide bonds. The number of phenolic OH excluding ortho intramolecular Hbond substituents is 1. The molecule has 1 aromatic carbocycles. The van der Waals surface area contributed by atoms with Crippen LogP contribution in [0, 0.1) is 5.92 Å². The highest BCUT2D eigenvalue weighted by Gasteiger charge is 2.24. The molecule has 2 aliphatic heterocycles. The fourth-order valence-corrected chi connectivity index (χ4v) is 3.38. The van der Waals surface area contributed by atoms with Crippen molar-refractivity contribution >= 4 is 5.91 Å². The van der Waals surface area contributed by atoms with E-state index in [0.717, 1.165) is 51.7 Å². The molecule has 0 bridgehead atoms. The van der Waals surface area contributed by atoms with Gasteiger partial charge in [-0.05, 0) is 50.0 Å². The molecule has 0 saturated carbocycles. The van der Waals surface area contributed by atoms with Gasteiger partial charge in [-0.1, -0.05) is 6.07 Å². The van der Waals surface area contributed by atoms with E-state index in [1.165, 1.54) is 12.8 Å². The molecule has 22 heavy (non-hydrogen) atoms. The SMILES string of the molecule is O=C(c1cccc(O)c1)N1CCN(CC2CCNCC2)CC1. The Balaban J connectivity index is 1.49. The standard InChI is InChI=1S/C17H25N3O2/c21-16-3-1-2-15(12-16)17(22)20-10-8-19(9-11-20)13-14-4-6-18-7-5-14/h1-3,12,14,18,21H,4-11,13H2. The van der Waals surface area contributed by atoms with E-state index in [9.17, 15) is 9.90 Å². The lowest BCUT2D eigenvalue weighted by molar-refractivity contribution is 0.0608. The Hall–Kier alpha value is -1.59. The molecule has 0 aromatic heterocycles. The van der Waals surface area contributed by atoms with E-state index < -0.39 is 0 Å². The third-order valence-corrected chi connectivity index (χ3v) is 4.73. The molecule has 0 aliphatic carbocycles. The van der Waals surface area contributed by atoms with Crippen LogP contribution in [0.1, 0.15) is 23.2 Å². The van der Waals surface area contributed by atoms with Crippen molar-refractivity contribution in [2.24, 2.45) is 5.92 Å². The van der Waals surface area contributed by atoms with Crippen LogP contribution in [-0.4, -0.2) is 66.6 Å². The Morgan fingerprint density at radius 2 is 1.91 bits per heavy atom. The lowest BCUT2D eigenvalue weighted by Crippen LogP contribution is -2.50. The molecule has 3 rings (SSSR count). The first-order valence-electron chi connectivity index (χ1n) is 8.24. The fourth-order valence-electron chi connectivity index (χ4n) is 3.38. The van der Waals surface area contributed by atoms with Crippen LogP contribution >= 0.6 is 0 Å². The van der Waals surface area contributed by atoms with E-state index in [-0.39, 0.29) is 11.7 Å². The summed E-state index contributed by atoms with van der Waals surface area (Å²) in [6.45, 7) is 6.90. The van der Waals surface area contributed by atoms with Gasteiger partial charge in [-0.15, -0.1) is 0 Å². The topological polar surface area (TPSA) is 55.8 Å². The molecule has 120 valence electrons. The number of amides is 1. The number of carbonyl (C=O) groups excluding carboxylic acids is 1. The molecule has 2 heterocycles. The average molecular weight is 303 g/mol. The van der Waals surface area contributed by atoms with Gasteiger partial charge in [0.15, 0.2) is 0 Å². The van der Waals surface area contributed by atoms with Crippen LogP contribution in [0.15, 0.2) is 24.3 Å². The monoisotopic (exact) mass is 303 g/mol. The summed E-state index contributed by atoms with van der Waals surface area (Å²) in [5.41, 5.74) is 0.576. The van der Waals surface area contributed by atoms with Gasteiger partial charge in [0, 0.05) is 38.3 Å². The average Bonchev–Trinajstić information content (AvgIpc) is 2.56. The van der Waals surface area contributed by atoms with Crippen LogP contribution in [0.3, 0.4) is 0 Å². The van der Waals surface area contributed by atoms with E-state index in [0.29, 0.717) is 5.56 Å². The van der Waals surface area contributed by atoms with Crippen molar-refractivity contribution in [2.75, 3.05) is 45.8 Å². The summed E-state index contributed by atoms with van der Waals surface area (Å²) >= 11 is 0. The van der Waals surface area contributed by atoms with Gasteiger partial charge in [0.2, 0.25) is 0 Å². The van der Waals surface area contributed by atoms with Crippen LogP contribution in [0.25, 0.3) is 0 Å². The molecular formula is C17H25N3O2. The van der Waals surface area contributed by atoms with Gasteiger partial charge in [-0.25, -0.2) is 0 Å². The molecule has 2 saturated heterocycles. The van der Waals surface area contributed by atoms with Gasteiger partial charge in [0.05, 0.1) is 0 Å². The Labute approximate surface area is 131 Å². The van der Waals surface area contributed by atoms with Crippen LogP contribution in [0.5, 0.6) is 5.75 Å². The minimum Gasteiger partial charge on any atom is -0.508 e. The van der Waals surface area contributed by atoms with Gasteiger partial charge in [0.1, 0.15) is 5.75 Å². The molecule has 1 aromatic rings. The largest absolute Gasteiger partial charge is 0.508 e. The zero-order valence-electron chi connectivity index (χ0n) is 13.0. The second kappa shape index (κ2) is 7.11. The number of piperazine rings is 1. The Bertz CT molecular complexity index is 506. The summed E-state index contributed by atoms with van der Waals surface area (Å²) in [5.74, 6) is 0.974. The van der Waals surface area contributed by atoms with Crippen LogP contribution in [-0.2, 0) is 0 Å². The summed E-state index contributed by atoms with van der Waals surface area (Å²) < 4.78 is 0. The summed E-state index contributed by atoms with van der Waals surface area (Å²) in [7, 11) is 0. The molecule has 0 atom stereocenters. The highest BCUT2D eigenvalue weighted by atomic mass is 16.3. The van der Waals surface area contributed by atoms with Crippen molar-refractivity contribution in [1.82, 2.24) is 15.1 Å². The Morgan fingerprint density at radius 1 is 1.18 bits per heavy atom. The number of phenols is 1. The number of nitrogens with one attached hydrogen (secondary N) is 1. The molecule has 2 fully saturated rings. The molecular weight excluding hydrogens is 278 g/mol. The number of nitrogens with zero attached hydrogens (tertiary/aromatic N) is 2. The van der Waals surface area contributed by atoms with Crippen molar-refractivity contribution in [3.05, 3.63) is 29.8 Å². The van der Waals surface area contributed by atoms with E-state index in [4.69, 9.17) is 0 Å². The molecule has 2 aliphatic rings. The third-order valence-electron chi connectivity index (χ3n) is 4.73. The minimum atomic E-state index is 0.0254. The number of benzene rings is 1. The summed E-state index contributed by atoms with van der Waals surface area (Å²) in [6, 6.07) is 6.62. The number of piperidine rings is 1. The van der Waals surface area contributed by atoms with Crippen LogP contribution in [0.4, 0.5) is 0 Å². The first-order chi connectivity index (χ1) is 10.7. The van der Waals surface area contributed by atoms with Crippen molar-refractivity contribution in [2.45, 2.75) is 12.8 Å². The number of rotatable bonds is 3. The normalized spacial score (nSPS) is 21.0. The number of hydrogen-bond acceptors (Lipinski definition) is 4. The maximum absolute atomic E-state index is 12.4. The second-order valence-electron chi connectivity index (χ2n) is 6.34. The molecule has 0 unspecified atom stereocenters. The third kappa shape index (κ3) is 3.78. The summed E-state index contributed by atoms with van der Waals surface area (Å²) in [6.07, 6.45) is 2.53. The van der Waals surface area contributed by atoms with Gasteiger partial charge < -0.3 is 15.3 Å². The molecule has 2 N–H and O–H groups in total. The maximum Gasteiger partial charge on any atom is 0.254 e. The summed E-state index contributed by atoms with van der Waals surface area (Å²) in [5, 5.41) is 12.9. The van der Waals surface area contributed by atoms with E-state index in [1.54, 1.807) is 24.3 Å². The van der Waals surface area contributed by atoms with E-state index in [1.807, 2.05) is 4.90 Å². The number of aromatic hydroxyl groups is 1. The van der Waals surface area contributed by atoms with Gasteiger partial charge in [0.25, 0.3) is 5.91 Å². The fraction of sp³-hybridized carbons (Fsp3) is 0.588. The molecule has 5 heteroatoms. The van der Waals surface area contributed by atoms with Gasteiger partial charge in [-0.3, -0.25) is 9.69 Å². The first kappa shape index (κ1) is 15.3. The number of carbonyl (C=O) groups is 1. The predicted molar refractivity (Wildman–Crippen MR) is 86.0 cm³/mol. The Morgan fingerprint density at radius 3 is 2.59 bits per heavy atom. The predicted octanol–water partition coefficient (Wildman–Crippen LogP) is 1.15. The zero-order valence-corrected chi connectivity index (χ0v) is 13.0. The zero-order chi connectivity index (χ0) is 15.4. The quantitative estimate of drug-likeness (QED) is 0.879.